The fraction of sp³-hybridized carbons (Fsp3) is 0.688. The van der Waals surface area contributed by atoms with Crippen molar-refractivity contribution in [3.63, 3.8) is 0 Å². The van der Waals surface area contributed by atoms with E-state index in [0.717, 1.165) is 35.1 Å². The Kier molecular flexibility index (Phi) is 4.41. The molecule has 0 aliphatic heterocycles. The molecular formula is C16H24N2O2. The van der Waals surface area contributed by atoms with Crippen LogP contribution in [0.1, 0.15) is 74.1 Å². The van der Waals surface area contributed by atoms with Crippen molar-refractivity contribution in [2.75, 3.05) is 0 Å². The van der Waals surface area contributed by atoms with Crippen molar-refractivity contribution in [3.8, 4) is 0 Å². The van der Waals surface area contributed by atoms with E-state index in [9.17, 15) is 9.90 Å². The van der Waals surface area contributed by atoms with E-state index in [4.69, 9.17) is 0 Å². The molecule has 1 fully saturated rings. The van der Waals surface area contributed by atoms with Gasteiger partial charge in [0.15, 0.2) is 0 Å². The summed E-state index contributed by atoms with van der Waals surface area (Å²) >= 11 is 0. The first-order valence-electron chi connectivity index (χ1n) is 7.51. The van der Waals surface area contributed by atoms with Gasteiger partial charge in [0.25, 0.3) is 0 Å². The van der Waals surface area contributed by atoms with Gasteiger partial charge in [-0.1, -0.05) is 13.3 Å². The second-order valence-corrected chi connectivity index (χ2v) is 6.01. The lowest BCUT2D eigenvalue weighted by Gasteiger charge is -2.16. The summed E-state index contributed by atoms with van der Waals surface area (Å²) in [4.78, 5) is 20.4. The number of aryl methyl sites for hydroxylation is 2. The van der Waals surface area contributed by atoms with Crippen molar-refractivity contribution in [1.29, 1.82) is 0 Å². The van der Waals surface area contributed by atoms with Crippen molar-refractivity contribution < 1.29 is 9.90 Å². The van der Waals surface area contributed by atoms with Gasteiger partial charge in [-0.15, -0.1) is 0 Å². The van der Waals surface area contributed by atoms with Crippen molar-refractivity contribution in [1.82, 2.24) is 9.97 Å². The van der Waals surface area contributed by atoms with Gasteiger partial charge in [-0.2, -0.15) is 0 Å². The van der Waals surface area contributed by atoms with Crippen LogP contribution < -0.4 is 0 Å². The second-order valence-electron chi connectivity index (χ2n) is 6.01. The highest BCUT2D eigenvalue weighted by atomic mass is 16.4. The molecule has 1 aromatic rings. The summed E-state index contributed by atoms with van der Waals surface area (Å²) in [7, 11) is 0. The average Bonchev–Trinajstić information content (AvgIpc) is 2.86. The number of rotatable bonds is 4. The van der Waals surface area contributed by atoms with E-state index in [-0.39, 0.29) is 0 Å². The number of carbonyl (C=O) groups is 1. The average molecular weight is 276 g/mol. The lowest BCUT2D eigenvalue weighted by molar-refractivity contribution is -0.138. The van der Waals surface area contributed by atoms with Crippen molar-refractivity contribution in [2.24, 2.45) is 5.92 Å². The Hall–Kier alpha value is -1.45. The van der Waals surface area contributed by atoms with E-state index >= 15 is 0 Å². The molecule has 0 aromatic carbocycles. The third kappa shape index (κ3) is 2.84. The smallest absolute Gasteiger partial charge is 0.310 e. The van der Waals surface area contributed by atoms with Crippen molar-refractivity contribution in [2.45, 2.75) is 65.2 Å². The van der Waals surface area contributed by atoms with Crippen LogP contribution in [-0.4, -0.2) is 21.0 Å². The van der Waals surface area contributed by atoms with E-state index in [0.29, 0.717) is 5.92 Å². The zero-order chi connectivity index (χ0) is 14.9. The quantitative estimate of drug-likeness (QED) is 0.913. The Labute approximate surface area is 120 Å². The number of aliphatic carboxylic acids is 1. The minimum absolute atomic E-state index is 0.450. The maximum Gasteiger partial charge on any atom is 0.310 e. The molecule has 1 saturated carbocycles. The number of hydrogen-bond acceptors (Lipinski definition) is 3. The molecule has 3 unspecified atom stereocenters. The molecule has 1 aliphatic rings. The largest absolute Gasteiger partial charge is 0.481 e. The van der Waals surface area contributed by atoms with Crippen LogP contribution >= 0.6 is 0 Å². The number of hydrogen-bond donors (Lipinski definition) is 1. The van der Waals surface area contributed by atoms with E-state index in [1.165, 1.54) is 19.3 Å². The SMILES string of the molecule is CCC1CCC(c2nc(C)c(C(C)C(=O)O)c(C)n2)C1. The molecule has 1 heterocycles. The molecule has 4 heteroatoms. The molecule has 1 aromatic heterocycles. The van der Waals surface area contributed by atoms with E-state index in [1.54, 1.807) is 6.92 Å². The van der Waals surface area contributed by atoms with Gasteiger partial charge in [-0.05, 0) is 46.0 Å². The summed E-state index contributed by atoms with van der Waals surface area (Å²) in [6.45, 7) is 7.74. The topological polar surface area (TPSA) is 63.1 Å². The first-order chi connectivity index (χ1) is 9.43. The highest BCUT2D eigenvalue weighted by Gasteiger charge is 2.28. The molecule has 20 heavy (non-hydrogen) atoms. The zero-order valence-electron chi connectivity index (χ0n) is 12.8. The van der Waals surface area contributed by atoms with Gasteiger partial charge in [0.05, 0.1) is 5.92 Å². The minimum atomic E-state index is -0.820. The number of nitrogens with zero attached hydrogens (tertiary/aromatic N) is 2. The standard InChI is InChI=1S/C16H24N2O2/c1-5-12-6-7-13(8-12)15-17-10(3)14(11(4)18-15)9(2)16(19)20/h9,12-13H,5-8H2,1-4H3,(H,19,20). The Morgan fingerprint density at radius 2 is 1.90 bits per heavy atom. The molecular weight excluding hydrogens is 252 g/mol. The van der Waals surface area contributed by atoms with Crippen LogP contribution in [-0.2, 0) is 4.79 Å². The van der Waals surface area contributed by atoms with E-state index in [1.807, 2.05) is 13.8 Å². The van der Waals surface area contributed by atoms with Crippen LogP contribution in [0.5, 0.6) is 0 Å². The van der Waals surface area contributed by atoms with Crippen LogP contribution in [0.15, 0.2) is 0 Å². The highest BCUT2D eigenvalue weighted by Crippen LogP contribution is 2.38. The zero-order valence-corrected chi connectivity index (χ0v) is 12.8. The summed E-state index contributed by atoms with van der Waals surface area (Å²) in [5.74, 6) is 0.793. The molecule has 0 spiro atoms. The van der Waals surface area contributed by atoms with E-state index < -0.39 is 11.9 Å². The maximum absolute atomic E-state index is 11.2. The molecule has 3 atom stereocenters. The third-order valence-corrected chi connectivity index (χ3v) is 4.63. The lowest BCUT2D eigenvalue weighted by atomic mass is 9.97. The van der Waals surface area contributed by atoms with Gasteiger partial charge in [-0.25, -0.2) is 9.97 Å². The third-order valence-electron chi connectivity index (χ3n) is 4.63. The molecule has 110 valence electrons. The van der Waals surface area contributed by atoms with Gasteiger partial charge in [0.2, 0.25) is 0 Å². The summed E-state index contributed by atoms with van der Waals surface area (Å²) in [5.41, 5.74) is 2.41. The second kappa shape index (κ2) is 5.90. The fourth-order valence-corrected chi connectivity index (χ4v) is 3.36. The van der Waals surface area contributed by atoms with E-state index in [2.05, 4.69) is 16.9 Å². The summed E-state index contributed by atoms with van der Waals surface area (Å²) in [6, 6.07) is 0. The molecule has 0 radical (unpaired) electrons. The number of carboxylic acids is 1. The summed E-state index contributed by atoms with van der Waals surface area (Å²) in [5, 5.41) is 9.18. The van der Waals surface area contributed by atoms with Crippen LogP contribution in [0, 0.1) is 19.8 Å². The summed E-state index contributed by atoms with van der Waals surface area (Å²) < 4.78 is 0. The van der Waals surface area contributed by atoms with Gasteiger partial charge in [0.1, 0.15) is 5.82 Å². The number of aromatic nitrogens is 2. The first-order valence-corrected chi connectivity index (χ1v) is 7.51. The molecule has 2 rings (SSSR count). The van der Waals surface area contributed by atoms with Crippen molar-refractivity contribution in [3.05, 3.63) is 22.8 Å². The molecule has 4 nitrogen and oxygen atoms in total. The predicted molar refractivity (Wildman–Crippen MR) is 77.9 cm³/mol. The normalized spacial score (nSPS) is 23.8. The monoisotopic (exact) mass is 276 g/mol. The van der Waals surface area contributed by atoms with Crippen LogP contribution in [0.4, 0.5) is 0 Å². The molecule has 0 bridgehead atoms. The Bertz CT molecular complexity index is 490. The Balaban J connectivity index is 2.29. The van der Waals surface area contributed by atoms with Crippen molar-refractivity contribution >= 4 is 5.97 Å². The molecule has 1 aliphatic carbocycles. The fourth-order valence-electron chi connectivity index (χ4n) is 3.36. The predicted octanol–water partition coefficient (Wildman–Crippen LogP) is 3.58. The van der Waals surface area contributed by atoms with Gasteiger partial charge >= 0.3 is 5.97 Å². The molecule has 0 saturated heterocycles. The maximum atomic E-state index is 11.2. The van der Waals surface area contributed by atoms with Gasteiger partial charge in [0, 0.05) is 22.9 Å². The Morgan fingerprint density at radius 3 is 2.35 bits per heavy atom. The van der Waals surface area contributed by atoms with Crippen LogP contribution in [0.25, 0.3) is 0 Å². The van der Waals surface area contributed by atoms with Gasteiger partial charge < -0.3 is 5.11 Å². The first kappa shape index (κ1) is 14.9. The lowest BCUT2D eigenvalue weighted by Crippen LogP contribution is -2.15. The van der Waals surface area contributed by atoms with Crippen LogP contribution in [0.3, 0.4) is 0 Å². The Morgan fingerprint density at radius 1 is 1.30 bits per heavy atom. The minimum Gasteiger partial charge on any atom is -0.481 e. The highest BCUT2D eigenvalue weighted by molar-refractivity contribution is 5.76. The van der Waals surface area contributed by atoms with Crippen LogP contribution in [0.2, 0.25) is 0 Å². The number of carboxylic acid groups (broad SMARTS) is 1. The summed E-state index contributed by atoms with van der Waals surface area (Å²) in [6.07, 6.45) is 4.81. The molecule has 1 N–H and O–H groups in total. The molecule has 0 amide bonds. The van der Waals surface area contributed by atoms with Gasteiger partial charge in [-0.3, -0.25) is 4.79 Å².